The predicted octanol–water partition coefficient (Wildman–Crippen LogP) is 9.99. The van der Waals surface area contributed by atoms with Crippen LogP contribution < -0.4 is 0 Å². The highest BCUT2D eigenvalue weighted by molar-refractivity contribution is 6.09. The second-order valence-electron chi connectivity index (χ2n) is 9.78. The number of rotatable bonds is 8. The Kier molecular flexibility index (Phi) is 7.25. The Balaban J connectivity index is 1.46. The van der Waals surface area contributed by atoms with Crippen molar-refractivity contribution in [1.29, 1.82) is 0 Å². The number of furan rings is 1. The number of benzene rings is 3. The molecule has 0 unspecified atom stereocenters. The van der Waals surface area contributed by atoms with Gasteiger partial charge in [-0.25, -0.2) is 0 Å². The second-order valence-corrected chi connectivity index (χ2v) is 9.78. The third-order valence-corrected chi connectivity index (χ3v) is 6.97. The van der Waals surface area contributed by atoms with E-state index in [9.17, 15) is 53.1 Å². The van der Waals surface area contributed by atoms with Crippen LogP contribution in [0.25, 0.3) is 44.3 Å². The molecular weight excluding hydrogens is 615 g/mol. The largest absolute Gasteiger partial charge is 0.460 e. The molecule has 14 heteroatoms. The monoisotopic (exact) mass is 631 g/mol. The number of pyridine rings is 1. The lowest BCUT2D eigenvalue weighted by Crippen LogP contribution is -2.66. The van der Waals surface area contributed by atoms with Crippen LogP contribution in [-0.2, 0) is 0 Å². The van der Waals surface area contributed by atoms with Crippen LogP contribution in [0.1, 0.15) is 16.8 Å². The summed E-state index contributed by atoms with van der Waals surface area (Å²) >= 11 is 0. The number of nitrogens with zero attached hydrogens (tertiary/aromatic N) is 1. The molecule has 5 rings (SSSR count). The molecule has 0 radical (unpaired) electrons. The molecule has 0 spiro atoms. The number of aromatic nitrogens is 1. The van der Waals surface area contributed by atoms with Crippen molar-refractivity contribution in [3.05, 3.63) is 90.6 Å². The maximum absolute atomic E-state index is 14.4. The number of alkyl halides is 11. The first-order chi connectivity index (χ1) is 20.4. The van der Waals surface area contributed by atoms with Gasteiger partial charge in [-0.3, -0.25) is 9.78 Å². The Hall–Kier alpha value is -4.49. The van der Waals surface area contributed by atoms with E-state index in [1.54, 1.807) is 24.3 Å². The molecule has 0 bridgehead atoms. The van der Waals surface area contributed by atoms with Crippen LogP contribution in [0.3, 0.4) is 0 Å². The Bertz CT molecular complexity index is 1860. The molecule has 0 amide bonds. The molecular formula is C30H16F11NO2. The van der Waals surface area contributed by atoms with Crippen LogP contribution >= 0.6 is 0 Å². The summed E-state index contributed by atoms with van der Waals surface area (Å²) in [5, 5.41) is 1.63. The number of ketones is 1. The highest BCUT2D eigenvalue weighted by Gasteiger charge is 2.87. The third kappa shape index (κ3) is 4.76. The molecule has 0 saturated heterocycles. The number of fused-ring (bicyclic) bond motifs is 3. The van der Waals surface area contributed by atoms with Crippen LogP contribution in [0.5, 0.6) is 0 Å². The fraction of sp³-hybridized carbons (Fsp3) is 0.200. The van der Waals surface area contributed by atoms with Crippen molar-refractivity contribution < 1.29 is 57.5 Å². The quantitative estimate of drug-likeness (QED) is 0.127. The molecule has 5 aromatic rings. The van der Waals surface area contributed by atoms with Crippen molar-refractivity contribution in [3.63, 3.8) is 0 Å². The topological polar surface area (TPSA) is 43.1 Å². The van der Waals surface area contributed by atoms with E-state index < -0.39 is 47.6 Å². The van der Waals surface area contributed by atoms with Crippen molar-refractivity contribution in [2.75, 3.05) is 0 Å². The predicted molar refractivity (Wildman–Crippen MR) is 137 cm³/mol. The average molecular weight is 631 g/mol. The van der Waals surface area contributed by atoms with Gasteiger partial charge in [0.05, 0.1) is 12.1 Å². The first kappa shape index (κ1) is 31.0. The smallest absolute Gasteiger partial charge is 0.455 e. The summed E-state index contributed by atoms with van der Waals surface area (Å²) in [5.74, 6) is -30.6. The first-order valence-corrected chi connectivity index (χ1v) is 12.5. The van der Waals surface area contributed by atoms with Crippen molar-refractivity contribution >= 4 is 27.7 Å². The summed E-state index contributed by atoms with van der Waals surface area (Å²) in [6.45, 7) is 0. The summed E-state index contributed by atoms with van der Waals surface area (Å²) in [7, 11) is 0. The summed E-state index contributed by atoms with van der Waals surface area (Å²) in [6.07, 6.45) is -8.89. The Labute approximate surface area is 239 Å². The summed E-state index contributed by atoms with van der Waals surface area (Å²) in [5.41, 5.74) is 1.24. The highest BCUT2D eigenvalue weighted by Crippen LogP contribution is 2.58. The van der Waals surface area contributed by atoms with E-state index in [2.05, 4.69) is 4.98 Å². The molecule has 2 heterocycles. The summed E-state index contributed by atoms with van der Waals surface area (Å²) < 4.78 is 154. The molecule has 0 saturated carbocycles. The minimum absolute atomic E-state index is 0.0819. The van der Waals surface area contributed by atoms with Crippen molar-refractivity contribution in [2.24, 2.45) is 0 Å². The summed E-state index contributed by atoms with van der Waals surface area (Å²) in [6, 6.07) is 19.9. The normalized spacial score (nSPS) is 13.5. The zero-order valence-electron chi connectivity index (χ0n) is 21.7. The number of carbonyl (C=O) groups is 1. The van der Waals surface area contributed by atoms with Gasteiger partial charge in [-0.2, -0.15) is 48.3 Å². The summed E-state index contributed by atoms with van der Waals surface area (Å²) in [4.78, 5) is 17.0. The molecule has 0 atom stereocenters. The van der Waals surface area contributed by atoms with Gasteiger partial charge < -0.3 is 4.42 Å². The SMILES string of the molecule is O=C(CC(F)(F)C(F)(F)C(F)(F)C(F)(F)C(F)(F)F)c1ccccc1-c1ccc(-c2cccc3c2oc2ccccc23)nc1. The Morgan fingerprint density at radius 3 is 1.91 bits per heavy atom. The fourth-order valence-corrected chi connectivity index (χ4v) is 4.65. The van der Waals surface area contributed by atoms with Gasteiger partial charge in [0.2, 0.25) is 0 Å². The lowest BCUT2D eigenvalue weighted by molar-refractivity contribution is -0.421. The minimum Gasteiger partial charge on any atom is -0.455 e. The van der Waals surface area contributed by atoms with E-state index in [-0.39, 0.29) is 11.1 Å². The van der Waals surface area contributed by atoms with Gasteiger partial charge in [-0.05, 0) is 23.8 Å². The maximum atomic E-state index is 14.4. The van der Waals surface area contributed by atoms with Gasteiger partial charge >= 0.3 is 29.9 Å². The van der Waals surface area contributed by atoms with Gasteiger partial charge in [0, 0.05) is 33.7 Å². The standard InChI is InChI=1S/C30H16F11NO2/c31-26(32,27(33,34)28(35,36)29(37,38)30(39,40)41)14-23(43)18-7-2-1-6-17(18)16-12-13-22(42-15-16)21-10-5-9-20-19-8-3-4-11-24(19)44-25(20)21/h1-13,15H,14H2. The molecule has 3 aromatic carbocycles. The van der Waals surface area contributed by atoms with Crippen molar-refractivity contribution in [2.45, 2.75) is 36.3 Å². The van der Waals surface area contributed by atoms with Gasteiger partial charge in [0.25, 0.3) is 0 Å². The lowest BCUT2D eigenvalue weighted by Gasteiger charge is -2.37. The molecule has 0 aliphatic rings. The van der Waals surface area contributed by atoms with Gasteiger partial charge in [0.1, 0.15) is 11.2 Å². The second kappa shape index (κ2) is 10.3. The molecule has 0 fully saturated rings. The van der Waals surface area contributed by atoms with Crippen molar-refractivity contribution in [1.82, 2.24) is 4.98 Å². The number of carbonyl (C=O) groups excluding carboxylic acids is 1. The van der Waals surface area contributed by atoms with Crippen LogP contribution in [0.2, 0.25) is 0 Å². The van der Waals surface area contributed by atoms with E-state index >= 15 is 0 Å². The van der Waals surface area contributed by atoms with E-state index in [0.29, 0.717) is 22.4 Å². The van der Waals surface area contributed by atoms with Crippen LogP contribution in [0.4, 0.5) is 48.3 Å². The van der Waals surface area contributed by atoms with Crippen molar-refractivity contribution in [3.8, 4) is 22.4 Å². The van der Waals surface area contributed by atoms with Crippen LogP contribution in [-0.4, -0.2) is 40.6 Å². The molecule has 230 valence electrons. The molecule has 3 nitrogen and oxygen atoms in total. The van der Waals surface area contributed by atoms with E-state index in [1.807, 2.05) is 18.2 Å². The van der Waals surface area contributed by atoms with E-state index in [4.69, 9.17) is 4.42 Å². The molecule has 2 aromatic heterocycles. The first-order valence-electron chi connectivity index (χ1n) is 12.5. The molecule has 44 heavy (non-hydrogen) atoms. The minimum atomic E-state index is -7.59. The number of hydrogen-bond acceptors (Lipinski definition) is 3. The van der Waals surface area contributed by atoms with Crippen LogP contribution in [0, 0.1) is 0 Å². The lowest BCUT2D eigenvalue weighted by atomic mass is 9.90. The number of para-hydroxylation sites is 2. The Morgan fingerprint density at radius 2 is 1.25 bits per heavy atom. The molecule has 0 aliphatic carbocycles. The maximum Gasteiger partial charge on any atom is 0.460 e. The number of halogens is 11. The highest BCUT2D eigenvalue weighted by atomic mass is 19.4. The fourth-order valence-electron chi connectivity index (χ4n) is 4.65. The van der Waals surface area contributed by atoms with E-state index in [1.165, 1.54) is 30.5 Å². The van der Waals surface area contributed by atoms with Crippen LogP contribution in [0.15, 0.2) is 89.5 Å². The number of Topliss-reactive ketones (excluding diaryl/α,β-unsaturated/α-hetero) is 1. The zero-order valence-corrected chi connectivity index (χ0v) is 21.7. The molecule has 0 aliphatic heterocycles. The van der Waals surface area contributed by atoms with E-state index in [0.717, 1.165) is 22.9 Å². The van der Waals surface area contributed by atoms with Gasteiger partial charge in [-0.15, -0.1) is 0 Å². The van der Waals surface area contributed by atoms with Gasteiger partial charge in [0.15, 0.2) is 5.78 Å². The average Bonchev–Trinajstić information content (AvgIpc) is 3.35. The Morgan fingerprint density at radius 1 is 0.636 bits per heavy atom. The van der Waals surface area contributed by atoms with Gasteiger partial charge in [-0.1, -0.05) is 60.7 Å². The zero-order chi connectivity index (χ0) is 32.3. The number of hydrogen-bond donors (Lipinski definition) is 0. The molecule has 0 N–H and O–H groups in total. The third-order valence-electron chi connectivity index (χ3n) is 6.97.